The Morgan fingerprint density at radius 1 is 1.21 bits per heavy atom. The number of aryl methyl sites for hydroxylation is 1. The van der Waals surface area contributed by atoms with Crippen LogP contribution in [0.2, 0.25) is 0 Å². The molecular weight excluding hydrogens is 315 g/mol. The van der Waals surface area contributed by atoms with Crippen molar-refractivity contribution in [3.63, 3.8) is 0 Å². The smallest absolute Gasteiger partial charge is 0.339 e. The van der Waals surface area contributed by atoms with E-state index in [0.29, 0.717) is 15.8 Å². The van der Waals surface area contributed by atoms with Gasteiger partial charge in [-0.05, 0) is 48.9 Å². The summed E-state index contributed by atoms with van der Waals surface area (Å²) >= 11 is 3.21. The Hall–Kier alpha value is -1.88. The Balaban J connectivity index is 2.40. The van der Waals surface area contributed by atoms with Crippen molar-refractivity contribution in [1.82, 2.24) is 0 Å². The van der Waals surface area contributed by atoms with Crippen LogP contribution >= 0.6 is 15.9 Å². The van der Waals surface area contributed by atoms with Crippen LogP contribution in [-0.4, -0.2) is 11.1 Å². The number of hydrogen-bond donors (Lipinski definition) is 1. The Bertz CT molecular complexity index is 641. The third kappa shape index (κ3) is 3.12. The number of carboxylic acid groups (broad SMARTS) is 1. The summed E-state index contributed by atoms with van der Waals surface area (Å²) in [5.41, 5.74) is 0.636. The van der Waals surface area contributed by atoms with E-state index in [9.17, 15) is 9.18 Å². The molecule has 0 radical (unpaired) electrons. The lowest BCUT2D eigenvalue weighted by Crippen LogP contribution is -2.00. The molecule has 0 bridgehead atoms. The summed E-state index contributed by atoms with van der Waals surface area (Å²) in [7, 11) is 0. The first-order valence-electron chi connectivity index (χ1n) is 5.44. The second kappa shape index (κ2) is 5.40. The number of ether oxygens (including phenoxy) is 1. The highest BCUT2D eigenvalue weighted by Crippen LogP contribution is 2.30. The lowest BCUT2D eigenvalue weighted by molar-refractivity contribution is 0.0694. The molecule has 0 aliphatic heterocycles. The van der Waals surface area contributed by atoms with E-state index in [1.165, 1.54) is 24.3 Å². The molecule has 19 heavy (non-hydrogen) atoms. The number of rotatable bonds is 3. The first-order chi connectivity index (χ1) is 8.97. The molecule has 2 aromatic rings. The maximum absolute atomic E-state index is 13.0. The minimum absolute atomic E-state index is 0.0399. The molecule has 0 atom stereocenters. The molecule has 98 valence electrons. The van der Waals surface area contributed by atoms with Crippen molar-refractivity contribution in [2.24, 2.45) is 0 Å². The van der Waals surface area contributed by atoms with E-state index in [2.05, 4.69) is 15.9 Å². The molecule has 5 heteroatoms. The van der Waals surface area contributed by atoms with Crippen molar-refractivity contribution in [2.45, 2.75) is 6.92 Å². The fourth-order valence-electron chi connectivity index (χ4n) is 1.60. The van der Waals surface area contributed by atoms with Gasteiger partial charge in [0.1, 0.15) is 22.9 Å². The molecule has 3 nitrogen and oxygen atoms in total. The molecule has 0 fully saturated rings. The quantitative estimate of drug-likeness (QED) is 0.910. The molecule has 0 aliphatic carbocycles. The lowest BCUT2D eigenvalue weighted by Gasteiger charge is -2.11. The highest BCUT2D eigenvalue weighted by Gasteiger charge is 2.13. The van der Waals surface area contributed by atoms with Gasteiger partial charge in [0.25, 0.3) is 0 Å². The highest BCUT2D eigenvalue weighted by molar-refractivity contribution is 9.10. The summed E-state index contributed by atoms with van der Waals surface area (Å²) in [5, 5.41) is 9.12. The molecule has 0 saturated heterocycles. The summed E-state index contributed by atoms with van der Waals surface area (Å²) in [4.78, 5) is 11.1. The van der Waals surface area contributed by atoms with Crippen molar-refractivity contribution in [3.05, 3.63) is 57.8 Å². The fourth-order valence-corrected chi connectivity index (χ4v) is 1.97. The van der Waals surface area contributed by atoms with E-state index in [1.807, 2.05) is 0 Å². The first-order valence-corrected chi connectivity index (χ1v) is 6.23. The zero-order valence-electron chi connectivity index (χ0n) is 9.98. The zero-order chi connectivity index (χ0) is 14.0. The van der Waals surface area contributed by atoms with Crippen LogP contribution in [0.4, 0.5) is 4.39 Å². The minimum atomic E-state index is -1.09. The number of aromatic carboxylic acids is 1. The van der Waals surface area contributed by atoms with E-state index < -0.39 is 5.97 Å². The third-order valence-corrected chi connectivity index (χ3v) is 3.02. The number of carbonyl (C=O) groups is 1. The average Bonchev–Trinajstić information content (AvgIpc) is 2.34. The molecule has 2 rings (SSSR count). The monoisotopic (exact) mass is 324 g/mol. The van der Waals surface area contributed by atoms with Crippen LogP contribution in [0, 0.1) is 12.7 Å². The minimum Gasteiger partial charge on any atom is -0.478 e. The van der Waals surface area contributed by atoms with Crippen molar-refractivity contribution >= 4 is 21.9 Å². The van der Waals surface area contributed by atoms with Gasteiger partial charge in [-0.3, -0.25) is 0 Å². The summed E-state index contributed by atoms with van der Waals surface area (Å²) in [6, 6.07) is 8.75. The third-order valence-electron chi connectivity index (χ3n) is 2.53. The largest absolute Gasteiger partial charge is 0.478 e. The summed E-state index contributed by atoms with van der Waals surface area (Å²) < 4.78 is 19.2. The van der Waals surface area contributed by atoms with Crippen molar-refractivity contribution < 1.29 is 19.0 Å². The van der Waals surface area contributed by atoms with Gasteiger partial charge in [-0.2, -0.15) is 0 Å². The number of halogens is 2. The molecule has 1 N–H and O–H groups in total. The molecule has 0 spiro atoms. The fraction of sp³-hybridized carbons (Fsp3) is 0.0714. The lowest BCUT2D eigenvalue weighted by atomic mass is 10.2. The summed E-state index contributed by atoms with van der Waals surface area (Å²) in [6.07, 6.45) is 0. The molecule has 0 aromatic heterocycles. The first kappa shape index (κ1) is 13.5. The Morgan fingerprint density at radius 2 is 1.89 bits per heavy atom. The standard InChI is InChI=1S/C14H10BrFO3/c1-8-6-10(16)3-5-12(8)19-13-4-2-9(15)7-11(13)14(17)18/h2-7H,1H3,(H,17,18). The average molecular weight is 325 g/mol. The van der Waals surface area contributed by atoms with Crippen LogP contribution < -0.4 is 4.74 Å². The molecule has 0 amide bonds. The molecule has 2 aromatic carbocycles. The van der Waals surface area contributed by atoms with Crippen molar-refractivity contribution in [1.29, 1.82) is 0 Å². The SMILES string of the molecule is Cc1cc(F)ccc1Oc1ccc(Br)cc1C(=O)O. The zero-order valence-corrected chi connectivity index (χ0v) is 11.6. The van der Waals surface area contributed by atoms with Gasteiger partial charge in [-0.25, -0.2) is 9.18 Å². The highest BCUT2D eigenvalue weighted by atomic mass is 79.9. The van der Waals surface area contributed by atoms with E-state index >= 15 is 0 Å². The van der Waals surface area contributed by atoms with Gasteiger partial charge in [0.05, 0.1) is 0 Å². The summed E-state index contributed by atoms with van der Waals surface area (Å²) in [6.45, 7) is 1.69. The van der Waals surface area contributed by atoms with E-state index in [-0.39, 0.29) is 17.1 Å². The second-order valence-corrected chi connectivity index (χ2v) is 4.87. The van der Waals surface area contributed by atoms with Crippen LogP contribution in [-0.2, 0) is 0 Å². The van der Waals surface area contributed by atoms with E-state index in [0.717, 1.165) is 0 Å². The van der Waals surface area contributed by atoms with E-state index in [4.69, 9.17) is 9.84 Å². The second-order valence-electron chi connectivity index (χ2n) is 3.96. The van der Waals surface area contributed by atoms with Crippen molar-refractivity contribution in [2.75, 3.05) is 0 Å². The van der Waals surface area contributed by atoms with Gasteiger partial charge in [0, 0.05) is 4.47 Å². The van der Waals surface area contributed by atoms with Gasteiger partial charge in [0.2, 0.25) is 0 Å². The van der Waals surface area contributed by atoms with Gasteiger partial charge in [0.15, 0.2) is 0 Å². The van der Waals surface area contributed by atoms with Crippen LogP contribution in [0.25, 0.3) is 0 Å². The number of carboxylic acids is 1. The van der Waals surface area contributed by atoms with Crippen LogP contribution in [0.5, 0.6) is 11.5 Å². The Morgan fingerprint density at radius 3 is 2.53 bits per heavy atom. The predicted molar refractivity (Wildman–Crippen MR) is 72.3 cm³/mol. The Labute approximate surface area is 117 Å². The molecule has 0 heterocycles. The molecule has 0 aliphatic rings. The maximum Gasteiger partial charge on any atom is 0.339 e. The molecule has 0 unspecified atom stereocenters. The van der Waals surface area contributed by atoms with Crippen molar-refractivity contribution in [3.8, 4) is 11.5 Å². The van der Waals surface area contributed by atoms with Crippen LogP contribution in [0.3, 0.4) is 0 Å². The number of hydrogen-bond acceptors (Lipinski definition) is 2. The summed E-state index contributed by atoms with van der Waals surface area (Å²) in [5.74, 6) is -0.813. The maximum atomic E-state index is 13.0. The molecule has 0 saturated carbocycles. The predicted octanol–water partition coefficient (Wildman–Crippen LogP) is 4.39. The molecular formula is C14H10BrFO3. The Kier molecular flexibility index (Phi) is 3.85. The normalized spacial score (nSPS) is 10.3. The number of benzene rings is 2. The van der Waals surface area contributed by atoms with Gasteiger partial charge in [-0.1, -0.05) is 15.9 Å². The van der Waals surface area contributed by atoms with Gasteiger partial charge >= 0.3 is 5.97 Å². The van der Waals surface area contributed by atoms with Crippen LogP contribution in [0.1, 0.15) is 15.9 Å². The van der Waals surface area contributed by atoms with Gasteiger partial charge < -0.3 is 9.84 Å². The van der Waals surface area contributed by atoms with Gasteiger partial charge in [-0.15, -0.1) is 0 Å². The van der Waals surface area contributed by atoms with Crippen LogP contribution in [0.15, 0.2) is 40.9 Å². The topological polar surface area (TPSA) is 46.5 Å². The van der Waals surface area contributed by atoms with E-state index in [1.54, 1.807) is 19.1 Å².